The second-order valence-corrected chi connectivity index (χ2v) is 12.5. The van der Waals surface area contributed by atoms with Gasteiger partial charge in [0.15, 0.2) is 5.01 Å². The van der Waals surface area contributed by atoms with Crippen molar-refractivity contribution in [2.75, 3.05) is 20.1 Å². The topological polar surface area (TPSA) is 129 Å². The van der Waals surface area contributed by atoms with Gasteiger partial charge in [0.2, 0.25) is 10.0 Å². The van der Waals surface area contributed by atoms with Crippen molar-refractivity contribution in [3.63, 3.8) is 0 Å². The van der Waals surface area contributed by atoms with Crippen molar-refractivity contribution in [3.8, 4) is 10.4 Å². The summed E-state index contributed by atoms with van der Waals surface area (Å²) in [6, 6.07) is -0.275. The van der Waals surface area contributed by atoms with Gasteiger partial charge in [0.1, 0.15) is 16.6 Å². The van der Waals surface area contributed by atoms with E-state index in [2.05, 4.69) is 10.3 Å². The molecule has 2 aromatic rings. The first-order valence-electron chi connectivity index (χ1n) is 11.1. The Morgan fingerprint density at radius 2 is 1.82 bits per heavy atom. The van der Waals surface area contributed by atoms with Crippen LogP contribution in [-0.2, 0) is 10.0 Å². The predicted molar refractivity (Wildman–Crippen MR) is 139 cm³/mol. The summed E-state index contributed by atoms with van der Waals surface area (Å²) in [7, 11) is -3.20. The van der Waals surface area contributed by atoms with E-state index in [9.17, 15) is 36.3 Å². The third kappa shape index (κ3) is 7.79. The zero-order valence-electron chi connectivity index (χ0n) is 21.0. The number of aromatic nitrogens is 1. The Hall–Kier alpha value is -1.97. The molecule has 0 radical (unpaired) electrons. The largest absolute Gasteiger partial charge is 0.404 e. The van der Waals surface area contributed by atoms with Crippen LogP contribution < -0.4 is 10.0 Å². The molecule has 0 aliphatic carbocycles. The highest BCUT2D eigenvalue weighted by Crippen LogP contribution is 2.42. The smallest absolute Gasteiger partial charge is 0.389 e. The van der Waals surface area contributed by atoms with E-state index in [1.54, 1.807) is 0 Å². The van der Waals surface area contributed by atoms with Gasteiger partial charge in [0.25, 0.3) is 11.8 Å². The summed E-state index contributed by atoms with van der Waals surface area (Å²) in [4.78, 5) is 30.8. The number of amides is 2. The van der Waals surface area contributed by atoms with Gasteiger partial charge in [-0.2, -0.15) is 17.9 Å². The van der Waals surface area contributed by atoms with Crippen molar-refractivity contribution in [2.24, 2.45) is 0 Å². The summed E-state index contributed by atoms with van der Waals surface area (Å²) in [5.41, 5.74) is -1.32. The van der Waals surface area contributed by atoms with E-state index in [-0.39, 0.29) is 32.7 Å². The van der Waals surface area contributed by atoms with Crippen molar-refractivity contribution >= 4 is 56.4 Å². The van der Waals surface area contributed by atoms with Gasteiger partial charge in [-0.3, -0.25) is 9.59 Å². The molecule has 2 amide bonds. The summed E-state index contributed by atoms with van der Waals surface area (Å²) >= 11 is 13.3. The molecule has 0 bridgehead atoms. The number of thiazole rings is 1. The first-order valence-corrected chi connectivity index (χ1v) is 14.2. The van der Waals surface area contributed by atoms with E-state index in [1.165, 1.54) is 36.6 Å². The molecular formula is C22H27Cl2F3N4O5S2. The third-order valence-electron chi connectivity index (χ3n) is 5.02. The van der Waals surface area contributed by atoms with Gasteiger partial charge in [-0.25, -0.2) is 13.4 Å². The minimum absolute atomic E-state index is 0.0479. The Labute approximate surface area is 232 Å². The molecule has 1 aromatic heterocycles. The second kappa shape index (κ2) is 12.0. The van der Waals surface area contributed by atoms with Crippen LogP contribution in [-0.4, -0.2) is 73.2 Å². The summed E-state index contributed by atoms with van der Waals surface area (Å²) < 4.78 is 65.4. The molecule has 2 rings (SSSR count). The van der Waals surface area contributed by atoms with E-state index in [1.807, 2.05) is 6.92 Å². The van der Waals surface area contributed by atoms with Gasteiger partial charge >= 0.3 is 6.18 Å². The molecular weight excluding hydrogens is 592 g/mol. The molecule has 0 spiro atoms. The van der Waals surface area contributed by atoms with Crippen LogP contribution >= 0.6 is 34.5 Å². The molecule has 1 heterocycles. The summed E-state index contributed by atoms with van der Waals surface area (Å²) in [6.45, 7) is 5.71. The fraction of sp³-hybridized carbons (Fsp3) is 0.500. The van der Waals surface area contributed by atoms with Crippen LogP contribution in [0.25, 0.3) is 10.4 Å². The lowest BCUT2D eigenvalue weighted by Crippen LogP contribution is -2.43. The SMILES string of the molecule is CCCN(C)C(=O)c1nc(C(=O)NCC(C)(C)O)sc1-c1ccc(S(=O)(=O)N[C@@H](C)C(F)(F)F)c(Cl)c1Cl. The predicted octanol–water partition coefficient (Wildman–Crippen LogP) is 4.33. The van der Waals surface area contributed by atoms with Crippen LogP contribution in [0.5, 0.6) is 0 Å². The second-order valence-electron chi connectivity index (χ2n) is 9.04. The quantitative estimate of drug-likeness (QED) is 0.363. The van der Waals surface area contributed by atoms with Crippen molar-refractivity contribution in [1.29, 1.82) is 0 Å². The Morgan fingerprint density at radius 3 is 2.34 bits per heavy atom. The molecule has 0 unspecified atom stereocenters. The fourth-order valence-electron chi connectivity index (χ4n) is 3.01. The molecule has 212 valence electrons. The lowest BCUT2D eigenvalue weighted by molar-refractivity contribution is -0.147. The van der Waals surface area contributed by atoms with Crippen molar-refractivity contribution in [1.82, 2.24) is 19.9 Å². The molecule has 0 saturated carbocycles. The zero-order chi connectivity index (χ0) is 29.2. The summed E-state index contributed by atoms with van der Waals surface area (Å²) in [6.07, 6.45) is -4.21. The minimum Gasteiger partial charge on any atom is -0.389 e. The number of hydrogen-bond donors (Lipinski definition) is 3. The Kier molecular flexibility index (Phi) is 10.2. The first-order chi connectivity index (χ1) is 17.3. The Morgan fingerprint density at radius 1 is 1.21 bits per heavy atom. The zero-order valence-corrected chi connectivity index (χ0v) is 24.2. The highest BCUT2D eigenvalue weighted by atomic mass is 35.5. The average molecular weight is 620 g/mol. The van der Waals surface area contributed by atoms with E-state index >= 15 is 0 Å². The van der Waals surface area contributed by atoms with Gasteiger partial charge in [0, 0.05) is 25.7 Å². The molecule has 0 fully saturated rings. The van der Waals surface area contributed by atoms with Crippen molar-refractivity contribution in [2.45, 2.75) is 56.8 Å². The molecule has 1 atom stereocenters. The maximum Gasteiger partial charge on any atom is 0.404 e. The number of alkyl halides is 3. The Bertz CT molecular complexity index is 1310. The van der Waals surface area contributed by atoms with Crippen LogP contribution in [0, 0.1) is 0 Å². The average Bonchev–Trinajstić information content (AvgIpc) is 3.22. The van der Waals surface area contributed by atoms with Gasteiger partial charge in [0.05, 0.1) is 20.5 Å². The molecule has 0 saturated heterocycles. The number of halogens is 5. The van der Waals surface area contributed by atoms with E-state index < -0.39 is 49.6 Å². The molecule has 9 nitrogen and oxygen atoms in total. The van der Waals surface area contributed by atoms with Crippen molar-refractivity contribution < 1.29 is 36.3 Å². The monoisotopic (exact) mass is 618 g/mol. The molecule has 0 aliphatic heterocycles. The molecule has 3 N–H and O–H groups in total. The highest BCUT2D eigenvalue weighted by molar-refractivity contribution is 7.89. The van der Waals surface area contributed by atoms with Crippen LogP contribution in [0.3, 0.4) is 0 Å². The van der Waals surface area contributed by atoms with Gasteiger partial charge in [-0.1, -0.05) is 36.2 Å². The molecule has 1 aromatic carbocycles. The van der Waals surface area contributed by atoms with Gasteiger partial charge in [-0.15, -0.1) is 11.3 Å². The number of carbonyl (C=O) groups excluding carboxylic acids is 2. The number of benzene rings is 1. The number of hydrogen-bond acceptors (Lipinski definition) is 7. The minimum atomic E-state index is -4.84. The molecule has 38 heavy (non-hydrogen) atoms. The lowest BCUT2D eigenvalue weighted by Gasteiger charge is -2.19. The number of nitrogens with one attached hydrogen (secondary N) is 2. The third-order valence-corrected chi connectivity index (χ3v) is 8.68. The normalized spacial score (nSPS) is 13.3. The molecule has 16 heteroatoms. The number of rotatable bonds is 10. The maximum atomic E-state index is 13.1. The summed E-state index contributed by atoms with van der Waals surface area (Å²) in [5, 5.41) is 11.3. The standard InChI is InChI=1S/C22H27Cl2F3N4O5S2/c1-6-9-31(5)20(33)16-17(37-19(29-16)18(32)28-10-21(3,4)34)12-7-8-13(15(24)14(12)23)38(35,36)30-11(2)22(25,26)27/h7-8,11,30,34H,6,9-10H2,1-5H3,(H,28,32)/t11-/m0/s1. The lowest BCUT2D eigenvalue weighted by atomic mass is 10.1. The first kappa shape index (κ1) is 32.2. The number of aliphatic hydroxyl groups is 1. The number of carbonyl (C=O) groups is 2. The molecule has 0 aliphatic rings. The van der Waals surface area contributed by atoms with E-state index in [4.69, 9.17) is 23.2 Å². The van der Waals surface area contributed by atoms with Crippen molar-refractivity contribution in [3.05, 3.63) is 32.9 Å². The number of nitrogens with zero attached hydrogens (tertiary/aromatic N) is 2. The summed E-state index contributed by atoms with van der Waals surface area (Å²) in [5.74, 6) is -1.23. The van der Waals surface area contributed by atoms with Crippen LogP contribution in [0.1, 0.15) is 54.4 Å². The fourth-order valence-corrected chi connectivity index (χ4v) is 6.17. The van der Waals surface area contributed by atoms with Crippen LogP contribution in [0.2, 0.25) is 10.0 Å². The van der Waals surface area contributed by atoms with E-state index in [0.717, 1.165) is 17.4 Å². The van der Waals surface area contributed by atoms with Gasteiger partial charge < -0.3 is 15.3 Å². The Balaban J connectivity index is 2.61. The van der Waals surface area contributed by atoms with Crippen LogP contribution in [0.15, 0.2) is 17.0 Å². The van der Waals surface area contributed by atoms with Gasteiger partial charge in [-0.05, 0) is 33.3 Å². The highest BCUT2D eigenvalue weighted by Gasteiger charge is 2.39. The van der Waals surface area contributed by atoms with E-state index in [0.29, 0.717) is 19.9 Å². The van der Waals surface area contributed by atoms with Crippen LogP contribution in [0.4, 0.5) is 13.2 Å². The number of sulfonamides is 1. The maximum absolute atomic E-state index is 13.1.